The third-order valence-electron chi connectivity index (χ3n) is 5.92. The van der Waals surface area contributed by atoms with Crippen LogP contribution in [0.15, 0.2) is 59.4 Å². The van der Waals surface area contributed by atoms with Crippen molar-refractivity contribution in [3.05, 3.63) is 87.8 Å². The van der Waals surface area contributed by atoms with E-state index >= 15 is 8.78 Å². The molecule has 0 unspecified atom stereocenters. The molecule has 0 aliphatic rings. The molecule has 2 aromatic heterocycles. The zero-order valence-electron chi connectivity index (χ0n) is 22.0. The topological polar surface area (TPSA) is 108 Å². The van der Waals surface area contributed by atoms with E-state index in [2.05, 4.69) is 15.0 Å². The molecule has 0 aliphatic heterocycles. The summed E-state index contributed by atoms with van der Waals surface area (Å²) in [6.07, 6.45) is -4.95. The molecule has 0 saturated heterocycles. The molecule has 9 nitrogen and oxygen atoms in total. The monoisotopic (exact) mass is 578 g/mol. The summed E-state index contributed by atoms with van der Waals surface area (Å²) in [5.41, 5.74) is -3.95. The van der Waals surface area contributed by atoms with Crippen molar-refractivity contribution in [3.8, 4) is 28.6 Å². The van der Waals surface area contributed by atoms with Crippen molar-refractivity contribution >= 4 is 11.6 Å². The number of anilines is 1. The predicted molar refractivity (Wildman–Crippen MR) is 137 cm³/mol. The SMILES string of the molecule is COc1cc(F)c(-c2c(NC(=O)c3ccc(OC(F)(F)F)cc3)c(=O)n(-c3cccc(C(C)(C)O)n3)n2C)c(F)c1. The number of aromatic nitrogens is 3. The Kier molecular flexibility index (Phi) is 7.63. The predicted octanol–water partition coefficient (Wildman–Crippen LogP) is 4.90. The normalized spacial score (nSPS) is 11.9. The average molecular weight is 578 g/mol. The van der Waals surface area contributed by atoms with Gasteiger partial charge in [-0.1, -0.05) is 6.07 Å². The molecule has 4 aromatic rings. The Labute approximate surface area is 229 Å². The minimum Gasteiger partial charge on any atom is -0.497 e. The van der Waals surface area contributed by atoms with Crippen molar-refractivity contribution < 1.29 is 41.3 Å². The number of ether oxygens (including phenoxy) is 2. The number of rotatable bonds is 7. The average Bonchev–Trinajstić information content (AvgIpc) is 3.11. The quantitative estimate of drug-likeness (QED) is 0.302. The lowest BCUT2D eigenvalue weighted by molar-refractivity contribution is -0.274. The number of nitrogens with zero attached hydrogens (tertiary/aromatic N) is 3. The third-order valence-corrected chi connectivity index (χ3v) is 5.92. The van der Waals surface area contributed by atoms with Gasteiger partial charge in [0.15, 0.2) is 5.82 Å². The van der Waals surface area contributed by atoms with E-state index in [9.17, 15) is 27.9 Å². The summed E-state index contributed by atoms with van der Waals surface area (Å²) < 4.78 is 78.6. The van der Waals surface area contributed by atoms with Gasteiger partial charge in [-0.3, -0.25) is 14.3 Å². The van der Waals surface area contributed by atoms with Crippen LogP contribution in [0.1, 0.15) is 29.9 Å². The summed E-state index contributed by atoms with van der Waals surface area (Å²) in [6.45, 7) is 2.94. The molecule has 0 fully saturated rings. The van der Waals surface area contributed by atoms with Crippen LogP contribution in [0, 0.1) is 11.6 Å². The minimum absolute atomic E-state index is 0.0399. The molecular weight excluding hydrogens is 555 g/mol. The van der Waals surface area contributed by atoms with E-state index in [0.717, 1.165) is 45.8 Å². The second kappa shape index (κ2) is 10.7. The van der Waals surface area contributed by atoms with E-state index in [-0.39, 0.29) is 28.5 Å². The van der Waals surface area contributed by atoms with Crippen LogP contribution in [0.2, 0.25) is 0 Å². The van der Waals surface area contributed by atoms with E-state index in [1.54, 1.807) is 0 Å². The fraction of sp³-hybridized carbons (Fsp3) is 0.222. The van der Waals surface area contributed by atoms with Crippen LogP contribution in [0.5, 0.6) is 11.5 Å². The maximum absolute atomic E-state index is 15.2. The summed E-state index contributed by atoms with van der Waals surface area (Å²) in [7, 11) is 2.51. The van der Waals surface area contributed by atoms with Crippen molar-refractivity contribution in [1.82, 2.24) is 14.3 Å². The minimum atomic E-state index is -4.95. The number of pyridine rings is 1. The Hall–Kier alpha value is -4.72. The first-order valence-corrected chi connectivity index (χ1v) is 11.8. The lowest BCUT2D eigenvalue weighted by atomic mass is 10.1. The van der Waals surface area contributed by atoms with Gasteiger partial charge < -0.3 is 19.9 Å². The first kappa shape index (κ1) is 29.3. The van der Waals surface area contributed by atoms with Crippen molar-refractivity contribution in [3.63, 3.8) is 0 Å². The van der Waals surface area contributed by atoms with Gasteiger partial charge in [0, 0.05) is 24.7 Å². The van der Waals surface area contributed by atoms with Crippen molar-refractivity contribution in [1.29, 1.82) is 0 Å². The molecule has 2 aromatic carbocycles. The summed E-state index contributed by atoms with van der Waals surface area (Å²) in [4.78, 5) is 31.0. The summed E-state index contributed by atoms with van der Waals surface area (Å²) in [5.74, 6) is -3.96. The summed E-state index contributed by atoms with van der Waals surface area (Å²) >= 11 is 0. The van der Waals surface area contributed by atoms with Crippen LogP contribution >= 0.6 is 0 Å². The molecule has 41 heavy (non-hydrogen) atoms. The van der Waals surface area contributed by atoms with Gasteiger partial charge in [-0.15, -0.1) is 13.2 Å². The van der Waals surface area contributed by atoms with E-state index in [4.69, 9.17) is 4.74 Å². The molecule has 0 atom stereocenters. The Bertz CT molecular complexity index is 1650. The molecule has 14 heteroatoms. The van der Waals surface area contributed by atoms with E-state index in [0.29, 0.717) is 0 Å². The molecule has 0 saturated carbocycles. The number of carbonyl (C=O) groups is 1. The number of hydrogen-bond acceptors (Lipinski definition) is 6. The Morgan fingerprint density at radius 3 is 2.15 bits per heavy atom. The molecule has 0 radical (unpaired) electrons. The number of benzene rings is 2. The van der Waals surface area contributed by atoms with Crippen molar-refractivity contribution in [2.45, 2.75) is 25.8 Å². The lowest BCUT2D eigenvalue weighted by Gasteiger charge is -2.18. The molecule has 0 aliphatic carbocycles. The molecule has 216 valence electrons. The summed E-state index contributed by atoms with van der Waals surface area (Å²) in [6, 6.07) is 10.0. The number of nitrogens with one attached hydrogen (secondary N) is 1. The number of aliphatic hydroxyl groups is 1. The maximum atomic E-state index is 15.2. The highest BCUT2D eigenvalue weighted by Crippen LogP contribution is 2.34. The molecule has 1 amide bonds. The van der Waals surface area contributed by atoms with Crippen LogP contribution in [-0.4, -0.2) is 38.8 Å². The number of alkyl halides is 3. The number of carbonyl (C=O) groups excluding carboxylic acids is 1. The fourth-order valence-electron chi connectivity index (χ4n) is 4.03. The van der Waals surface area contributed by atoms with E-state index < -0.39 is 52.1 Å². The number of amides is 1. The molecule has 4 rings (SSSR count). The van der Waals surface area contributed by atoms with Gasteiger partial charge in [0.2, 0.25) is 0 Å². The number of methoxy groups -OCH3 is 1. The van der Waals surface area contributed by atoms with Crippen molar-refractivity contribution in [2.75, 3.05) is 12.4 Å². The van der Waals surface area contributed by atoms with Gasteiger partial charge in [0.1, 0.15) is 40.1 Å². The smallest absolute Gasteiger partial charge is 0.497 e. The van der Waals surface area contributed by atoms with Crippen LogP contribution in [0.3, 0.4) is 0 Å². The molecule has 2 heterocycles. The van der Waals surface area contributed by atoms with Crippen LogP contribution in [-0.2, 0) is 12.6 Å². The molecule has 2 N–H and O–H groups in total. The fourth-order valence-corrected chi connectivity index (χ4v) is 4.03. The largest absolute Gasteiger partial charge is 0.573 e. The Balaban J connectivity index is 1.88. The number of hydrogen-bond donors (Lipinski definition) is 2. The van der Waals surface area contributed by atoms with Gasteiger partial charge in [-0.05, 0) is 50.2 Å². The standard InChI is InChI=1S/C27H23F5N4O5/c1-26(2,39)19-6-5-7-20(33-19)36-25(38)22(23(35(36)3)21-17(28)12-16(40-4)13-18(21)29)34-24(37)14-8-10-15(11-9-14)41-27(30,31)32/h5-13,39H,1-4H3,(H,34,37). The first-order valence-electron chi connectivity index (χ1n) is 11.8. The zero-order chi connectivity index (χ0) is 30.3. The van der Waals surface area contributed by atoms with Gasteiger partial charge in [-0.2, -0.15) is 4.68 Å². The van der Waals surface area contributed by atoms with Crippen LogP contribution in [0.4, 0.5) is 27.6 Å². The second-order valence-corrected chi connectivity index (χ2v) is 9.30. The maximum Gasteiger partial charge on any atom is 0.573 e. The highest BCUT2D eigenvalue weighted by atomic mass is 19.4. The zero-order valence-corrected chi connectivity index (χ0v) is 22.0. The molecule has 0 spiro atoms. The first-order chi connectivity index (χ1) is 19.1. The van der Waals surface area contributed by atoms with Gasteiger partial charge in [0.25, 0.3) is 11.5 Å². The van der Waals surface area contributed by atoms with Gasteiger partial charge in [-0.25, -0.2) is 13.8 Å². The van der Waals surface area contributed by atoms with Crippen molar-refractivity contribution in [2.24, 2.45) is 7.05 Å². The second-order valence-electron chi connectivity index (χ2n) is 9.30. The highest BCUT2D eigenvalue weighted by molar-refractivity contribution is 6.06. The van der Waals surface area contributed by atoms with E-state index in [1.165, 1.54) is 46.2 Å². The third kappa shape index (κ3) is 6.06. The Morgan fingerprint density at radius 2 is 1.61 bits per heavy atom. The molecule has 0 bridgehead atoms. The van der Waals surface area contributed by atoms with Gasteiger partial charge >= 0.3 is 6.36 Å². The van der Waals surface area contributed by atoms with E-state index in [1.807, 2.05) is 0 Å². The Morgan fingerprint density at radius 1 is 1.00 bits per heavy atom. The highest BCUT2D eigenvalue weighted by Gasteiger charge is 2.31. The van der Waals surface area contributed by atoms with Crippen LogP contribution in [0.25, 0.3) is 17.1 Å². The van der Waals surface area contributed by atoms with Crippen LogP contribution < -0.4 is 20.3 Å². The lowest BCUT2D eigenvalue weighted by Crippen LogP contribution is -2.25. The summed E-state index contributed by atoms with van der Waals surface area (Å²) in [5, 5.41) is 12.7. The number of halogens is 5. The van der Waals surface area contributed by atoms with Gasteiger partial charge in [0.05, 0.1) is 18.4 Å². The molecular formula is C27H23F5N4O5.